The summed E-state index contributed by atoms with van der Waals surface area (Å²) >= 11 is 1.25. The van der Waals surface area contributed by atoms with Crippen LogP contribution < -0.4 is 5.32 Å². The summed E-state index contributed by atoms with van der Waals surface area (Å²) in [7, 11) is 0. The van der Waals surface area contributed by atoms with Gasteiger partial charge in [0, 0.05) is 0 Å². The van der Waals surface area contributed by atoms with Crippen molar-refractivity contribution in [2.45, 2.75) is 37.1 Å². The van der Waals surface area contributed by atoms with Crippen molar-refractivity contribution in [2.75, 3.05) is 5.32 Å². The van der Waals surface area contributed by atoms with Crippen LogP contribution in [-0.4, -0.2) is 31.4 Å². The van der Waals surface area contributed by atoms with Crippen molar-refractivity contribution in [1.29, 1.82) is 5.26 Å². The molecule has 3 aromatic rings. The van der Waals surface area contributed by atoms with E-state index in [1.54, 1.807) is 35.9 Å². The molecule has 1 amide bonds. The number of nitrogens with one attached hydrogen (secondary N) is 1. The quantitative estimate of drug-likeness (QED) is 0.641. The highest BCUT2D eigenvalue weighted by Gasteiger charge is 2.20. The predicted octanol–water partition coefficient (Wildman–Crippen LogP) is 3.78. The minimum Gasteiger partial charge on any atom is -0.324 e. The Morgan fingerprint density at radius 2 is 1.86 bits per heavy atom. The normalized spacial score (nSPS) is 11.8. The van der Waals surface area contributed by atoms with E-state index < -0.39 is 5.25 Å². The number of aromatic nitrogens is 4. The molecule has 1 heterocycles. The van der Waals surface area contributed by atoms with E-state index in [0.29, 0.717) is 22.3 Å². The van der Waals surface area contributed by atoms with Crippen molar-refractivity contribution in [3.05, 3.63) is 59.7 Å². The fourth-order valence-corrected chi connectivity index (χ4v) is 3.36. The number of para-hydroxylation sites is 1. The zero-order valence-electron chi connectivity index (χ0n) is 15.8. The highest BCUT2D eigenvalue weighted by Crippen LogP contribution is 2.25. The number of amides is 1. The molecule has 2 aromatic carbocycles. The second-order valence-electron chi connectivity index (χ2n) is 6.53. The maximum atomic E-state index is 12.6. The first-order chi connectivity index (χ1) is 13.5. The first-order valence-electron chi connectivity index (χ1n) is 8.85. The molecule has 0 unspecified atom stereocenters. The molecule has 1 aromatic heterocycles. The average molecular weight is 392 g/mol. The maximum absolute atomic E-state index is 12.6. The summed E-state index contributed by atoms with van der Waals surface area (Å²) in [5.74, 6) is 0.217. The molecule has 0 spiro atoms. The van der Waals surface area contributed by atoms with Crippen LogP contribution >= 0.6 is 11.8 Å². The van der Waals surface area contributed by atoms with Crippen LogP contribution in [0.25, 0.3) is 5.69 Å². The number of carbonyl (C=O) groups excluding carboxylic acids is 1. The van der Waals surface area contributed by atoms with E-state index >= 15 is 0 Å². The molecule has 0 radical (unpaired) electrons. The van der Waals surface area contributed by atoms with Crippen molar-refractivity contribution in [3.8, 4) is 11.8 Å². The number of nitriles is 1. The van der Waals surface area contributed by atoms with Crippen LogP contribution in [-0.2, 0) is 4.79 Å². The molecule has 1 atom stereocenters. The summed E-state index contributed by atoms with van der Waals surface area (Å²) in [6.45, 7) is 6.05. The topological polar surface area (TPSA) is 96.5 Å². The van der Waals surface area contributed by atoms with Gasteiger partial charge < -0.3 is 5.32 Å². The van der Waals surface area contributed by atoms with E-state index in [1.165, 1.54) is 17.3 Å². The Kier molecular flexibility index (Phi) is 6.06. The van der Waals surface area contributed by atoms with E-state index in [1.807, 2.05) is 24.3 Å². The molecule has 0 aliphatic heterocycles. The maximum Gasteiger partial charge on any atom is 0.237 e. The Morgan fingerprint density at radius 3 is 2.54 bits per heavy atom. The molecule has 0 aliphatic rings. The molecule has 0 bridgehead atoms. The van der Waals surface area contributed by atoms with Gasteiger partial charge in [-0.1, -0.05) is 49.9 Å². The molecule has 28 heavy (non-hydrogen) atoms. The number of anilines is 1. The van der Waals surface area contributed by atoms with Gasteiger partial charge in [0.25, 0.3) is 0 Å². The van der Waals surface area contributed by atoms with Crippen LogP contribution in [0.4, 0.5) is 5.69 Å². The van der Waals surface area contributed by atoms with Gasteiger partial charge in [0.15, 0.2) is 0 Å². The number of hydrogen-bond acceptors (Lipinski definition) is 6. The Bertz CT molecular complexity index is 1010. The van der Waals surface area contributed by atoms with E-state index in [-0.39, 0.29) is 5.91 Å². The second-order valence-corrected chi connectivity index (χ2v) is 7.83. The number of nitrogens with zero attached hydrogens (tertiary/aromatic N) is 5. The molecule has 0 saturated heterocycles. The zero-order chi connectivity index (χ0) is 20.1. The van der Waals surface area contributed by atoms with E-state index in [0.717, 1.165) is 5.69 Å². The van der Waals surface area contributed by atoms with Crippen molar-refractivity contribution in [3.63, 3.8) is 0 Å². The summed E-state index contributed by atoms with van der Waals surface area (Å²) in [5.41, 5.74) is 2.98. The Balaban J connectivity index is 1.73. The van der Waals surface area contributed by atoms with Gasteiger partial charge >= 0.3 is 0 Å². The second kappa shape index (κ2) is 8.67. The molecule has 0 saturated carbocycles. The summed E-state index contributed by atoms with van der Waals surface area (Å²) in [6, 6.07) is 17.0. The lowest BCUT2D eigenvalue weighted by Crippen LogP contribution is -2.23. The smallest absolute Gasteiger partial charge is 0.237 e. The van der Waals surface area contributed by atoms with Gasteiger partial charge in [-0.2, -0.15) is 9.94 Å². The van der Waals surface area contributed by atoms with Gasteiger partial charge in [-0.15, -0.1) is 5.10 Å². The number of tetrazole rings is 1. The van der Waals surface area contributed by atoms with Crippen LogP contribution in [0.15, 0.2) is 53.7 Å². The molecule has 7 nitrogen and oxygen atoms in total. The number of thioether (sulfide) groups is 1. The van der Waals surface area contributed by atoms with Gasteiger partial charge in [-0.3, -0.25) is 4.79 Å². The van der Waals surface area contributed by atoms with Crippen LogP contribution in [0.3, 0.4) is 0 Å². The van der Waals surface area contributed by atoms with Crippen LogP contribution in [0.5, 0.6) is 0 Å². The summed E-state index contributed by atoms with van der Waals surface area (Å²) in [6.07, 6.45) is 0. The summed E-state index contributed by atoms with van der Waals surface area (Å²) < 4.78 is 1.61. The highest BCUT2D eigenvalue weighted by molar-refractivity contribution is 8.00. The SMILES string of the molecule is CC(C)c1ccc(-n2nnnc2S[C@@H](C)C(=O)Nc2ccccc2C#N)cc1. The molecule has 1 N–H and O–H groups in total. The molecule has 142 valence electrons. The highest BCUT2D eigenvalue weighted by atomic mass is 32.2. The van der Waals surface area contributed by atoms with Gasteiger partial charge in [-0.05, 0) is 53.1 Å². The van der Waals surface area contributed by atoms with Gasteiger partial charge in [0.1, 0.15) is 6.07 Å². The minimum absolute atomic E-state index is 0.225. The van der Waals surface area contributed by atoms with Gasteiger partial charge in [0.05, 0.1) is 22.2 Å². The van der Waals surface area contributed by atoms with E-state index in [2.05, 4.69) is 40.8 Å². The number of carbonyl (C=O) groups is 1. The number of hydrogen-bond donors (Lipinski definition) is 1. The fourth-order valence-electron chi connectivity index (χ4n) is 2.55. The molecule has 8 heteroatoms. The third-order valence-electron chi connectivity index (χ3n) is 4.20. The first kappa shape index (κ1) is 19.6. The molecule has 0 fully saturated rings. The summed E-state index contributed by atoms with van der Waals surface area (Å²) in [5, 5.41) is 23.9. The minimum atomic E-state index is -0.452. The third kappa shape index (κ3) is 4.38. The average Bonchev–Trinajstić information content (AvgIpc) is 3.16. The summed E-state index contributed by atoms with van der Waals surface area (Å²) in [4.78, 5) is 12.6. The van der Waals surface area contributed by atoms with E-state index in [4.69, 9.17) is 5.26 Å². The molecule has 0 aliphatic carbocycles. The first-order valence-corrected chi connectivity index (χ1v) is 9.73. The van der Waals surface area contributed by atoms with Crippen molar-refractivity contribution in [1.82, 2.24) is 20.2 Å². The van der Waals surface area contributed by atoms with Gasteiger partial charge in [0.2, 0.25) is 11.1 Å². The van der Waals surface area contributed by atoms with Crippen LogP contribution in [0, 0.1) is 11.3 Å². The molecular weight excluding hydrogens is 372 g/mol. The Labute approximate surface area is 167 Å². The van der Waals surface area contributed by atoms with Crippen molar-refractivity contribution < 1.29 is 4.79 Å². The molecular formula is C20H20N6OS. The monoisotopic (exact) mass is 392 g/mol. The van der Waals surface area contributed by atoms with Crippen molar-refractivity contribution >= 4 is 23.4 Å². The largest absolute Gasteiger partial charge is 0.324 e. The zero-order valence-corrected chi connectivity index (χ0v) is 16.6. The predicted molar refractivity (Wildman–Crippen MR) is 108 cm³/mol. The van der Waals surface area contributed by atoms with E-state index in [9.17, 15) is 4.79 Å². The van der Waals surface area contributed by atoms with Crippen LogP contribution in [0.1, 0.15) is 37.8 Å². The van der Waals surface area contributed by atoms with Crippen molar-refractivity contribution in [2.24, 2.45) is 0 Å². The molecule has 3 rings (SSSR count). The lowest BCUT2D eigenvalue weighted by molar-refractivity contribution is -0.115. The van der Waals surface area contributed by atoms with Gasteiger partial charge in [-0.25, -0.2) is 0 Å². The lowest BCUT2D eigenvalue weighted by Gasteiger charge is -2.13. The van der Waals surface area contributed by atoms with Crippen LogP contribution in [0.2, 0.25) is 0 Å². The third-order valence-corrected chi connectivity index (χ3v) is 5.24. The Hall–Kier alpha value is -3.18. The Morgan fingerprint density at radius 1 is 1.14 bits per heavy atom. The number of benzene rings is 2. The standard InChI is InChI=1S/C20H20N6OS/c1-13(2)15-8-10-17(11-9-15)26-20(23-24-25-26)28-14(3)19(27)22-18-7-5-4-6-16(18)12-21/h4-11,13-14H,1-3H3,(H,22,27)/t14-/m0/s1. The fraction of sp³-hybridized carbons (Fsp3) is 0.250. The number of rotatable bonds is 6. The lowest BCUT2D eigenvalue weighted by atomic mass is 10.0.